The maximum Gasteiger partial charge on any atom is 0.0917 e. The fourth-order valence-corrected chi connectivity index (χ4v) is 3.56. The zero-order valence-electron chi connectivity index (χ0n) is 11.3. The van der Waals surface area contributed by atoms with Crippen LogP contribution in [-0.2, 0) is 10.3 Å². The van der Waals surface area contributed by atoms with E-state index in [0.717, 1.165) is 37.0 Å². The van der Waals surface area contributed by atoms with Crippen LogP contribution in [0.1, 0.15) is 55.7 Å². The van der Waals surface area contributed by atoms with Gasteiger partial charge in [0.15, 0.2) is 0 Å². The Bertz CT molecular complexity index is 442. The van der Waals surface area contributed by atoms with Crippen molar-refractivity contribution in [3.05, 3.63) is 35.4 Å². The first-order valence-corrected chi connectivity index (χ1v) is 7.38. The molecule has 3 atom stereocenters. The molecule has 1 aromatic carbocycles. The van der Waals surface area contributed by atoms with Gasteiger partial charge in [-0.05, 0) is 49.7 Å². The fourth-order valence-electron chi connectivity index (χ4n) is 3.56. The molecule has 3 rings (SSSR count). The summed E-state index contributed by atoms with van der Waals surface area (Å²) in [5.41, 5.74) is 7.55. The van der Waals surface area contributed by atoms with E-state index in [1.165, 1.54) is 12.8 Å². The Hall–Kier alpha value is -0.900. The molecule has 2 aliphatic rings. The smallest absolute Gasteiger partial charge is 0.0917 e. The second-order valence-corrected chi connectivity index (χ2v) is 5.96. The molecule has 1 saturated heterocycles. The van der Waals surface area contributed by atoms with Crippen molar-refractivity contribution in [2.45, 2.75) is 56.3 Å². The SMILES string of the molecule is NC1CC(O)(CCCC2CCCO2)c2ccccc21. The zero-order valence-corrected chi connectivity index (χ0v) is 11.3. The van der Waals surface area contributed by atoms with Gasteiger partial charge < -0.3 is 15.6 Å². The molecule has 0 saturated carbocycles. The number of benzene rings is 1. The molecule has 0 spiro atoms. The van der Waals surface area contributed by atoms with Gasteiger partial charge in [0.25, 0.3) is 0 Å². The summed E-state index contributed by atoms with van der Waals surface area (Å²) >= 11 is 0. The molecular weight excluding hydrogens is 238 g/mol. The van der Waals surface area contributed by atoms with Crippen LogP contribution in [0.2, 0.25) is 0 Å². The quantitative estimate of drug-likeness (QED) is 0.876. The molecule has 19 heavy (non-hydrogen) atoms. The molecule has 104 valence electrons. The first-order valence-electron chi connectivity index (χ1n) is 7.38. The zero-order chi connectivity index (χ0) is 13.3. The van der Waals surface area contributed by atoms with Crippen LogP contribution in [0.4, 0.5) is 0 Å². The third-order valence-electron chi connectivity index (χ3n) is 4.56. The lowest BCUT2D eigenvalue weighted by Gasteiger charge is -2.24. The van der Waals surface area contributed by atoms with Crippen molar-refractivity contribution in [3.63, 3.8) is 0 Å². The third-order valence-corrected chi connectivity index (χ3v) is 4.56. The summed E-state index contributed by atoms with van der Waals surface area (Å²) in [6.07, 6.45) is 6.27. The third kappa shape index (κ3) is 2.55. The summed E-state index contributed by atoms with van der Waals surface area (Å²) in [5.74, 6) is 0. The van der Waals surface area contributed by atoms with E-state index in [1.807, 2.05) is 24.3 Å². The fraction of sp³-hybridized carbons (Fsp3) is 0.625. The predicted molar refractivity (Wildman–Crippen MR) is 74.7 cm³/mol. The Labute approximate surface area is 114 Å². The lowest BCUT2D eigenvalue weighted by atomic mass is 9.89. The van der Waals surface area contributed by atoms with Crippen LogP contribution in [0.5, 0.6) is 0 Å². The van der Waals surface area contributed by atoms with Crippen LogP contribution < -0.4 is 5.73 Å². The minimum atomic E-state index is -0.728. The van der Waals surface area contributed by atoms with E-state index in [4.69, 9.17) is 10.5 Å². The summed E-state index contributed by atoms with van der Waals surface area (Å²) < 4.78 is 5.63. The molecule has 1 aromatic rings. The van der Waals surface area contributed by atoms with Crippen molar-refractivity contribution >= 4 is 0 Å². The molecule has 0 bridgehead atoms. The van der Waals surface area contributed by atoms with Gasteiger partial charge >= 0.3 is 0 Å². The first-order chi connectivity index (χ1) is 9.19. The second kappa shape index (κ2) is 5.23. The minimum absolute atomic E-state index is 0.0241. The van der Waals surface area contributed by atoms with E-state index < -0.39 is 5.60 Å². The average molecular weight is 261 g/mol. The maximum atomic E-state index is 10.9. The van der Waals surface area contributed by atoms with Gasteiger partial charge in [0.2, 0.25) is 0 Å². The normalized spacial score (nSPS) is 33.6. The van der Waals surface area contributed by atoms with Crippen LogP contribution in [-0.4, -0.2) is 17.8 Å². The summed E-state index contributed by atoms with van der Waals surface area (Å²) in [7, 11) is 0. The highest BCUT2D eigenvalue weighted by Gasteiger charge is 2.40. The Morgan fingerprint density at radius 2 is 2.21 bits per heavy atom. The molecule has 3 nitrogen and oxygen atoms in total. The molecule has 1 aliphatic heterocycles. The average Bonchev–Trinajstić information content (AvgIpc) is 2.99. The Balaban J connectivity index is 1.63. The van der Waals surface area contributed by atoms with Crippen molar-refractivity contribution < 1.29 is 9.84 Å². The van der Waals surface area contributed by atoms with Crippen LogP contribution in [0.3, 0.4) is 0 Å². The highest BCUT2D eigenvalue weighted by atomic mass is 16.5. The van der Waals surface area contributed by atoms with Gasteiger partial charge in [-0.2, -0.15) is 0 Å². The highest BCUT2D eigenvalue weighted by Crippen LogP contribution is 2.45. The summed E-state index contributed by atoms with van der Waals surface area (Å²) in [6.45, 7) is 0.905. The van der Waals surface area contributed by atoms with Crippen LogP contribution in [0.15, 0.2) is 24.3 Å². The van der Waals surface area contributed by atoms with Gasteiger partial charge in [-0.1, -0.05) is 24.3 Å². The van der Waals surface area contributed by atoms with Crippen molar-refractivity contribution in [1.82, 2.24) is 0 Å². The number of nitrogens with two attached hydrogens (primary N) is 1. The monoisotopic (exact) mass is 261 g/mol. The van der Waals surface area contributed by atoms with Crippen molar-refractivity contribution in [2.24, 2.45) is 5.73 Å². The van der Waals surface area contributed by atoms with Crippen molar-refractivity contribution in [2.75, 3.05) is 6.61 Å². The lowest BCUT2D eigenvalue weighted by molar-refractivity contribution is 0.0169. The largest absolute Gasteiger partial charge is 0.385 e. The topological polar surface area (TPSA) is 55.5 Å². The van der Waals surface area contributed by atoms with Gasteiger partial charge in [0.1, 0.15) is 0 Å². The Kier molecular flexibility index (Phi) is 3.61. The number of hydrogen-bond acceptors (Lipinski definition) is 3. The molecule has 1 heterocycles. The molecule has 3 heteroatoms. The van der Waals surface area contributed by atoms with E-state index in [2.05, 4.69) is 0 Å². The molecule has 1 fully saturated rings. The maximum absolute atomic E-state index is 10.9. The molecule has 0 amide bonds. The number of aliphatic hydroxyl groups is 1. The minimum Gasteiger partial charge on any atom is -0.385 e. The molecule has 0 aromatic heterocycles. The van der Waals surface area contributed by atoms with Gasteiger partial charge in [-0.25, -0.2) is 0 Å². The van der Waals surface area contributed by atoms with Gasteiger partial charge in [0.05, 0.1) is 11.7 Å². The van der Waals surface area contributed by atoms with Gasteiger partial charge in [0, 0.05) is 12.6 Å². The number of fused-ring (bicyclic) bond motifs is 1. The van der Waals surface area contributed by atoms with Crippen molar-refractivity contribution in [3.8, 4) is 0 Å². The standard InChI is InChI=1S/C16H23NO2/c17-15-11-16(18,14-8-2-1-7-13(14)15)9-3-5-12-6-4-10-19-12/h1-2,7-8,12,15,18H,3-6,9-11,17H2. The molecule has 3 unspecified atom stereocenters. The Morgan fingerprint density at radius 1 is 1.37 bits per heavy atom. The second-order valence-electron chi connectivity index (χ2n) is 5.96. The van der Waals surface area contributed by atoms with Crippen LogP contribution in [0.25, 0.3) is 0 Å². The first kappa shape index (κ1) is 13.1. The lowest BCUT2D eigenvalue weighted by Crippen LogP contribution is -2.24. The number of ether oxygens (including phenoxy) is 1. The van der Waals surface area contributed by atoms with Gasteiger partial charge in [-0.15, -0.1) is 0 Å². The predicted octanol–water partition coefficient (Wildman–Crippen LogP) is 2.63. The summed E-state index contributed by atoms with van der Waals surface area (Å²) in [5, 5.41) is 10.9. The molecular formula is C16H23NO2. The van der Waals surface area contributed by atoms with E-state index in [9.17, 15) is 5.11 Å². The summed E-state index contributed by atoms with van der Waals surface area (Å²) in [4.78, 5) is 0. The number of hydrogen-bond donors (Lipinski definition) is 2. The van der Waals surface area contributed by atoms with Crippen LogP contribution in [0, 0.1) is 0 Å². The molecule has 1 aliphatic carbocycles. The Morgan fingerprint density at radius 3 is 3.00 bits per heavy atom. The highest BCUT2D eigenvalue weighted by molar-refractivity contribution is 5.39. The van der Waals surface area contributed by atoms with E-state index in [-0.39, 0.29) is 6.04 Å². The van der Waals surface area contributed by atoms with E-state index in [1.54, 1.807) is 0 Å². The van der Waals surface area contributed by atoms with E-state index >= 15 is 0 Å². The van der Waals surface area contributed by atoms with E-state index in [0.29, 0.717) is 12.5 Å². The number of rotatable bonds is 4. The van der Waals surface area contributed by atoms with Crippen molar-refractivity contribution in [1.29, 1.82) is 0 Å². The summed E-state index contributed by atoms with van der Waals surface area (Å²) in [6, 6.07) is 8.02. The van der Waals surface area contributed by atoms with Crippen LogP contribution >= 0.6 is 0 Å². The molecule has 0 radical (unpaired) electrons. The van der Waals surface area contributed by atoms with Gasteiger partial charge in [-0.3, -0.25) is 0 Å². The molecule has 3 N–H and O–H groups in total.